The van der Waals surface area contributed by atoms with Crippen molar-refractivity contribution < 1.29 is 9.53 Å². The maximum absolute atomic E-state index is 12.3. The molecule has 18 heavy (non-hydrogen) atoms. The molecular formula is C14H26N2O2. The Bertz CT molecular complexity index is 290. The van der Waals surface area contributed by atoms with E-state index in [1.165, 1.54) is 0 Å². The Labute approximate surface area is 110 Å². The lowest BCUT2D eigenvalue weighted by atomic mass is 9.76. The van der Waals surface area contributed by atoms with Crippen LogP contribution in [0, 0.1) is 11.8 Å². The molecule has 0 radical (unpaired) electrons. The Kier molecular flexibility index (Phi) is 4.62. The molecule has 5 unspecified atom stereocenters. The molecule has 1 aliphatic heterocycles. The van der Waals surface area contributed by atoms with Gasteiger partial charge in [-0.05, 0) is 38.5 Å². The van der Waals surface area contributed by atoms with Gasteiger partial charge in [0.15, 0.2) is 0 Å². The summed E-state index contributed by atoms with van der Waals surface area (Å²) in [5.41, 5.74) is 6.05. The molecule has 3 N–H and O–H groups in total. The number of nitrogens with one attached hydrogen (secondary N) is 1. The van der Waals surface area contributed by atoms with Crippen LogP contribution in [0.25, 0.3) is 0 Å². The minimum Gasteiger partial charge on any atom is -0.376 e. The zero-order valence-electron chi connectivity index (χ0n) is 11.5. The molecule has 1 amide bonds. The Balaban J connectivity index is 1.86. The second-order valence-corrected chi connectivity index (χ2v) is 5.91. The quantitative estimate of drug-likeness (QED) is 0.801. The largest absolute Gasteiger partial charge is 0.376 e. The number of nitrogens with two attached hydrogens (primary N) is 1. The Morgan fingerprint density at radius 3 is 2.78 bits per heavy atom. The van der Waals surface area contributed by atoms with E-state index in [1.807, 2.05) is 6.92 Å². The second kappa shape index (κ2) is 6.02. The molecule has 1 heterocycles. The molecule has 0 aromatic rings. The van der Waals surface area contributed by atoms with E-state index in [-0.39, 0.29) is 35.9 Å². The van der Waals surface area contributed by atoms with Crippen molar-refractivity contribution in [1.29, 1.82) is 0 Å². The number of carbonyl (C=O) groups is 1. The average Bonchev–Trinajstić information content (AvgIpc) is 2.86. The van der Waals surface area contributed by atoms with Crippen molar-refractivity contribution in [2.24, 2.45) is 17.6 Å². The van der Waals surface area contributed by atoms with Crippen LogP contribution < -0.4 is 11.1 Å². The summed E-state index contributed by atoms with van der Waals surface area (Å²) in [5.74, 6) is 0.536. The van der Waals surface area contributed by atoms with Gasteiger partial charge in [-0.25, -0.2) is 0 Å². The van der Waals surface area contributed by atoms with Gasteiger partial charge in [-0.2, -0.15) is 0 Å². The molecule has 1 aliphatic carbocycles. The molecule has 4 nitrogen and oxygen atoms in total. The van der Waals surface area contributed by atoms with E-state index in [0.717, 1.165) is 38.7 Å². The van der Waals surface area contributed by atoms with Crippen LogP contribution >= 0.6 is 0 Å². The van der Waals surface area contributed by atoms with E-state index < -0.39 is 0 Å². The minimum atomic E-state index is 0.0811. The third kappa shape index (κ3) is 3.04. The predicted octanol–water partition coefficient (Wildman–Crippen LogP) is 1.43. The summed E-state index contributed by atoms with van der Waals surface area (Å²) in [7, 11) is 0. The van der Waals surface area contributed by atoms with Crippen molar-refractivity contribution in [1.82, 2.24) is 5.32 Å². The first kappa shape index (κ1) is 13.8. The van der Waals surface area contributed by atoms with Gasteiger partial charge >= 0.3 is 0 Å². The van der Waals surface area contributed by atoms with Crippen LogP contribution in [-0.4, -0.2) is 30.7 Å². The van der Waals surface area contributed by atoms with E-state index in [4.69, 9.17) is 10.5 Å². The monoisotopic (exact) mass is 254 g/mol. The molecule has 0 bridgehead atoms. The fraction of sp³-hybridized carbons (Fsp3) is 0.929. The molecule has 1 saturated carbocycles. The van der Waals surface area contributed by atoms with Crippen molar-refractivity contribution in [2.75, 3.05) is 6.61 Å². The van der Waals surface area contributed by atoms with E-state index in [1.54, 1.807) is 0 Å². The molecule has 0 aromatic carbocycles. The van der Waals surface area contributed by atoms with Crippen molar-refractivity contribution in [3.05, 3.63) is 0 Å². The highest BCUT2D eigenvalue weighted by Crippen LogP contribution is 2.29. The van der Waals surface area contributed by atoms with Crippen molar-refractivity contribution in [3.8, 4) is 0 Å². The van der Waals surface area contributed by atoms with Gasteiger partial charge in [-0.1, -0.05) is 13.3 Å². The summed E-state index contributed by atoms with van der Waals surface area (Å²) in [6.07, 6.45) is 5.45. The zero-order valence-corrected chi connectivity index (χ0v) is 11.5. The number of hydrogen-bond acceptors (Lipinski definition) is 3. The van der Waals surface area contributed by atoms with Crippen LogP contribution in [0.3, 0.4) is 0 Å². The van der Waals surface area contributed by atoms with Gasteiger partial charge < -0.3 is 15.8 Å². The lowest BCUT2D eigenvalue weighted by molar-refractivity contribution is -0.129. The molecule has 2 aliphatic rings. The fourth-order valence-electron chi connectivity index (χ4n) is 3.19. The average molecular weight is 254 g/mol. The Morgan fingerprint density at radius 1 is 1.33 bits per heavy atom. The van der Waals surface area contributed by atoms with E-state index in [9.17, 15) is 4.79 Å². The lowest BCUT2D eigenvalue weighted by Crippen LogP contribution is -2.48. The second-order valence-electron chi connectivity index (χ2n) is 5.91. The number of carbonyl (C=O) groups excluding carboxylic acids is 1. The summed E-state index contributed by atoms with van der Waals surface area (Å²) in [4.78, 5) is 12.3. The smallest absolute Gasteiger partial charge is 0.223 e. The highest BCUT2D eigenvalue weighted by molar-refractivity contribution is 5.79. The van der Waals surface area contributed by atoms with Gasteiger partial charge in [0.05, 0.1) is 12.1 Å². The lowest BCUT2D eigenvalue weighted by Gasteiger charge is -2.34. The first-order valence-corrected chi connectivity index (χ1v) is 7.27. The molecule has 2 fully saturated rings. The summed E-state index contributed by atoms with van der Waals surface area (Å²) in [6, 6.07) is 0.290. The van der Waals surface area contributed by atoms with Gasteiger partial charge in [0, 0.05) is 18.6 Å². The zero-order chi connectivity index (χ0) is 13.1. The van der Waals surface area contributed by atoms with Gasteiger partial charge in [-0.3, -0.25) is 4.79 Å². The van der Waals surface area contributed by atoms with E-state index in [2.05, 4.69) is 12.2 Å². The van der Waals surface area contributed by atoms with Gasteiger partial charge in [0.25, 0.3) is 0 Å². The van der Waals surface area contributed by atoms with Crippen LogP contribution in [0.2, 0.25) is 0 Å². The molecule has 1 saturated heterocycles. The standard InChI is InChI=1S/C14H26N2O2/c1-9-11(5-3-6-12(9)15)14(17)16-10(2)13-7-4-8-18-13/h9-13H,3-8,15H2,1-2H3,(H,16,17). The minimum absolute atomic E-state index is 0.0811. The van der Waals surface area contributed by atoms with E-state index >= 15 is 0 Å². The van der Waals surface area contributed by atoms with Crippen molar-refractivity contribution >= 4 is 5.91 Å². The summed E-state index contributed by atoms with van der Waals surface area (Å²) in [6.45, 7) is 4.97. The van der Waals surface area contributed by atoms with Gasteiger partial charge in [0.2, 0.25) is 5.91 Å². The number of hydrogen-bond donors (Lipinski definition) is 2. The molecule has 2 rings (SSSR count). The summed E-state index contributed by atoms with van der Waals surface area (Å²) in [5, 5.41) is 3.12. The van der Waals surface area contributed by atoms with Crippen molar-refractivity contribution in [2.45, 2.75) is 64.1 Å². The predicted molar refractivity (Wildman–Crippen MR) is 71.1 cm³/mol. The first-order valence-electron chi connectivity index (χ1n) is 7.27. The SMILES string of the molecule is CC(NC(=O)C1CCCC(N)C1C)C1CCCO1. The Hall–Kier alpha value is -0.610. The molecule has 0 spiro atoms. The summed E-state index contributed by atoms with van der Waals surface area (Å²) < 4.78 is 5.61. The first-order chi connectivity index (χ1) is 8.59. The molecule has 0 aromatic heterocycles. The Morgan fingerprint density at radius 2 is 2.11 bits per heavy atom. The highest BCUT2D eigenvalue weighted by Gasteiger charge is 2.34. The summed E-state index contributed by atoms with van der Waals surface area (Å²) >= 11 is 0. The van der Waals surface area contributed by atoms with Gasteiger partial charge in [-0.15, -0.1) is 0 Å². The third-order valence-corrected chi connectivity index (χ3v) is 4.59. The molecule has 4 heteroatoms. The maximum atomic E-state index is 12.3. The van der Waals surface area contributed by atoms with Crippen LogP contribution in [0.15, 0.2) is 0 Å². The fourth-order valence-corrected chi connectivity index (χ4v) is 3.19. The van der Waals surface area contributed by atoms with Crippen LogP contribution in [0.1, 0.15) is 46.0 Å². The topological polar surface area (TPSA) is 64.4 Å². The maximum Gasteiger partial charge on any atom is 0.223 e. The van der Waals surface area contributed by atoms with E-state index in [0.29, 0.717) is 0 Å². The van der Waals surface area contributed by atoms with Crippen LogP contribution in [0.4, 0.5) is 0 Å². The molecule has 104 valence electrons. The highest BCUT2D eigenvalue weighted by atomic mass is 16.5. The number of rotatable bonds is 3. The van der Waals surface area contributed by atoms with Crippen LogP contribution in [0.5, 0.6) is 0 Å². The molecule has 5 atom stereocenters. The molecular weight excluding hydrogens is 228 g/mol. The van der Waals surface area contributed by atoms with Crippen LogP contribution in [-0.2, 0) is 9.53 Å². The number of ether oxygens (including phenoxy) is 1. The van der Waals surface area contributed by atoms with Gasteiger partial charge in [0.1, 0.15) is 0 Å². The normalized spacial score (nSPS) is 38.4. The van der Waals surface area contributed by atoms with Crippen molar-refractivity contribution in [3.63, 3.8) is 0 Å². The number of amides is 1. The third-order valence-electron chi connectivity index (χ3n) is 4.59.